The third-order valence-corrected chi connectivity index (χ3v) is 6.87. The molecule has 1 amide bonds. The van der Waals surface area contributed by atoms with Crippen molar-refractivity contribution in [3.8, 4) is 0 Å². The number of nitrogens with zero attached hydrogens (tertiary/aromatic N) is 2. The number of carbonyl (C=O) groups excluding carboxylic acids is 2. The van der Waals surface area contributed by atoms with Gasteiger partial charge >= 0.3 is 0 Å². The van der Waals surface area contributed by atoms with E-state index < -0.39 is 0 Å². The number of hydrogen-bond donors (Lipinski definition) is 2. The van der Waals surface area contributed by atoms with Crippen LogP contribution in [0, 0.1) is 5.92 Å². The number of Topliss-reactive ketones (excluding diaryl/α,β-unsaturated/α-hetero) is 1. The largest absolute Gasteiger partial charge is 0.358 e. The Morgan fingerprint density at radius 3 is 2.23 bits per heavy atom. The van der Waals surface area contributed by atoms with E-state index in [4.69, 9.17) is 0 Å². The van der Waals surface area contributed by atoms with E-state index in [9.17, 15) is 9.59 Å². The van der Waals surface area contributed by atoms with Crippen molar-refractivity contribution in [1.82, 2.24) is 10.7 Å². The fraction of sp³-hybridized carbons (Fsp3) is 0.276. The summed E-state index contributed by atoms with van der Waals surface area (Å²) in [6.07, 6.45) is 0.404. The van der Waals surface area contributed by atoms with Crippen LogP contribution in [0.1, 0.15) is 36.0 Å². The molecule has 2 N–H and O–H groups in total. The molecule has 178 valence electrons. The van der Waals surface area contributed by atoms with Gasteiger partial charge in [0.25, 0.3) is 0 Å². The van der Waals surface area contributed by atoms with Crippen molar-refractivity contribution in [1.29, 1.82) is 0 Å². The summed E-state index contributed by atoms with van der Waals surface area (Å²) in [4.78, 5) is 28.4. The average Bonchev–Trinajstić information content (AvgIpc) is 2.90. The number of nitrogens with one attached hydrogen (secondary N) is 2. The zero-order valence-corrected chi connectivity index (χ0v) is 19.9. The van der Waals surface area contributed by atoms with Crippen molar-refractivity contribution >= 4 is 23.1 Å². The molecule has 0 spiro atoms. The molecule has 2 heterocycles. The highest BCUT2D eigenvalue weighted by atomic mass is 16.2. The maximum Gasteiger partial charge on any atom is 0.240 e. The Labute approximate surface area is 206 Å². The Morgan fingerprint density at radius 1 is 0.943 bits per heavy atom. The maximum absolute atomic E-state index is 14.3. The summed E-state index contributed by atoms with van der Waals surface area (Å²) in [5.74, 6) is -0.260. The summed E-state index contributed by atoms with van der Waals surface area (Å²) < 4.78 is 0. The molecule has 3 aromatic carbocycles. The molecule has 0 bridgehead atoms. The number of benzene rings is 3. The summed E-state index contributed by atoms with van der Waals surface area (Å²) in [5, 5.41) is 7.84. The van der Waals surface area contributed by atoms with E-state index in [0.29, 0.717) is 19.5 Å². The van der Waals surface area contributed by atoms with E-state index in [1.807, 2.05) is 85.8 Å². The molecule has 2 atom stereocenters. The van der Waals surface area contributed by atoms with Gasteiger partial charge in [-0.3, -0.25) is 9.59 Å². The lowest BCUT2D eigenvalue weighted by molar-refractivity contribution is -0.122. The van der Waals surface area contributed by atoms with Crippen LogP contribution in [0.15, 0.2) is 90.0 Å². The molecule has 3 aromatic rings. The minimum absolute atomic E-state index is 0.00310. The fourth-order valence-electron chi connectivity index (χ4n) is 5.17. The standard InChI is InChI=1S/C29H30N4O2/c1-20-18-26(34)31-32-28(20)23-14-8-9-15-24(23)33-17-16-30-19-25(33)29(35)27(21-10-4-2-5-11-21)22-12-6-3-7-13-22/h2-15,20,25,27,30H,16-19H2,1H3,(H,31,34). The second-order valence-electron chi connectivity index (χ2n) is 9.22. The van der Waals surface area contributed by atoms with Gasteiger partial charge in [-0.25, -0.2) is 5.43 Å². The number of anilines is 1. The quantitative estimate of drug-likeness (QED) is 0.581. The molecule has 0 saturated carbocycles. The van der Waals surface area contributed by atoms with E-state index in [1.54, 1.807) is 0 Å². The Hall–Kier alpha value is -3.77. The predicted molar refractivity (Wildman–Crippen MR) is 139 cm³/mol. The highest BCUT2D eigenvalue weighted by molar-refractivity contribution is 6.10. The lowest BCUT2D eigenvalue weighted by atomic mass is 9.83. The minimum Gasteiger partial charge on any atom is -0.358 e. The van der Waals surface area contributed by atoms with Crippen LogP contribution in [0.4, 0.5) is 5.69 Å². The molecule has 6 heteroatoms. The van der Waals surface area contributed by atoms with Gasteiger partial charge < -0.3 is 10.2 Å². The summed E-state index contributed by atoms with van der Waals surface area (Å²) >= 11 is 0. The van der Waals surface area contributed by atoms with Gasteiger partial charge in [0.05, 0.1) is 11.6 Å². The number of carbonyl (C=O) groups is 2. The van der Waals surface area contributed by atoms with Crippen LogP contribution < -0.4 is 15.6 Å². The Balaban J connectivity index is 1.55. The number of ketones is 1. The number of hydrazone groups is 1. The van der Waals surface area contributed by atoms with Crippen LogP contribution in [0.2, 0.25) is 0 Å². The summed E-state index contributed by atoms with van der Waals surface area (Å²) in [7, 11) is 0. The van der Waals surface area contributed by atoms with E-state index in [-0.39, 0.29) is 29.6 Å². The van der Waals surface area contributed by atoms with Gasteiger partial charge in [-0.2, -0.15) is 5.10 Å². The molecule has 2 aliphatic heterocycles. The second-order valence-corrected chi connectivity index (χ2v) is 9.22. The zero-order valence-electron chi connectivity index (χ0n) is 19.9. The minimum atomic E-state index is -0.359. The second kappa shape index (κ2) is 10.2. The number of rotatable bonds is 6. The van der Waals surface area contributed by atoms with E-state index in [1.165, 1.54) is 0 Å². The van der Waals surface area contributed by atoms with Gasteiger partial charge in [0.1, 0.15) is 6.04 Å². The molecule has 6 nitrogen and oxygen atoms in total. The van der Waals surface area contributed by atoms with E-state index in [2.05, 4.69) is 26.8 Å². The van der Waals surface area contributed by atoms with Crippen molar-refractivity contribution < 1.29 is 9.59 Å². The van der Waals surface area contributed by atoms with E-state index in [0.717, 1.165) is 34.6 Å². The van der Waals surface area contributed by atoms with Crippen molar-refractivity contribution in [2.45, 2.75) is 25.3 Å². The SMILES string of the molecule is CC1CC(=O)NN=C1c1ccccc1N1CCNCC1C(=O)C(c1ccccc1)c1ccccc1. The molecule has 1 fully saturated rings. The lowest BCUT2D eigenvalue weighted by Gasteiger charge is -2.40. The third kappa shape index (κ3) is 4.75. The number of hydrogen-bond acceptors (Lipinski definition) is 5. The van der Waals surface area contributed by atoms with Crippen LogP contribution in [0.25, 0.3) is 0 Å². The summed E-state index contributed by atoms with van der Waals surface area (Å²) in [5.41, 5.74) is 7.43. The van der Waals surface area contributed by atoms with E-state index >= 15 is 0 Å². The Morgan fingerprint density at radius 2 is 1.57 bits per heavy atom. The first kappa shape index (κ1) is 23.0. The molecule has 35 heavy (non-hydrogen) atoms. The highest BCUT2D eigenvalue weighted by Crippen LogP contribution is 2.32. The predicted octanol–water partition coefficient (Wildman–Crippen LogP) is 3.73. The average molecular weight is 467 g/mol. The van der Waals surface area contributed by atoms with Crippen LogP contribution >= 0.6 is 0 Å². The van der Waals surface area contributed by atoms with Gasteiger partial charge in [-0.1, -0.05) is 85.8 Å². The number of amides is 1. The number of para-hydroxylation sites is 1. The molecule has 1 saturated heterocycles. The lowest BCUT2D eigenvalue weighted by Crippen LogP contribution is -2.56. The first-order valence-corrected chi connectivity index (χ1v) is 12.2. The van der Waals surface area contributed by atoms with Crippen molar-refractivity contribution in [2.75, 3.05) is 24.5 Å². The monoisotopic (exact) mass is 466 g/mol. The molecule has 5 rings (SSSR count). The smallest absolute Gasteiger partial charge is 0.240 e. The summed E-state index contributed by atoms with van der Waals surface area (Å²) in [6.45, 7) is 4.09. The van der Waals surface area contributed by atoms with Gasteiger partial charge in [0, 0.05) is 43.2 Å². The maximum atomic E-state index is 14.3. The van der Waals surface area contributed by atoms with Gasteiger partial charge in [-0.05, 0) is 17.2 Å². The van der Waals surface area contributed by atoms with Crippen molar-refractivity contribution in [3.63, 3.8) is 0 Å². The van der Waals surface area contributed by atoms with Gasteiger partial charge in [-0.15, -0.1) is 0 Å². The Bertz CT molecular complexity index is 1190. The third-order valence-electron chi connectivity index (χ3n) is 6.87. The first-order chi connectivity index (χ1) is 17.1. The molecule has 0 aromatic heterocycles. The fourth-order valence-corrected chi connectivity index (χ4v) is 5.17. The summed E-state index contributed by atoms with van der Waals surface area (Å²) in [6, 6.07) is 27.8. The molecule has 2 aliphatic rings. The van der Waals surface area contributed by atoms with Crippen LogP contribution in [0.3, 0.4) is 0 Å². The van der Waals surface area contributed by atoms with Gasteiger partial charge in [0.2, 0.25) is 5.91 Å². The van der Waals surface area contributed by atoms with Crippen LogP contribution in [-0.2, 0) is 9.59 Å². The zero-order chi connectivity index (χ0) is 24.2. The number of piperazine rings is 1. The van der Waals surface area contributed by atoms with Crippen LogP contribution in [0.5, 0.6) is 0 Å². The first-order valence-electron chi connectivity index (χ1n) is 12.2. The molecular weight excluding hydrogens is 436 g/mol. The molecule has 2 unspecified atom stereocenters. The van der Waals surface area contributed by atoms with Crippen molar-refractivity contribution in [3.05, 3.63) is 102 Å². The van der Waals surface area contributed by atoms with Crippen molar-refractivity contribution in [2.24, 2.45) is 11.0 Å². The molecule has 0 radical (unpaired) electrons. The molecular formula is C29H30N4O2. The van der Waals surface area contributed by atoms with Gasteiger partial charge in [0.15, 0.2) is 5.78 Å². The van der Waals surface area contributed by atoms with Crippen LogP contribution in [-0.4, -0.2) is 43.1 Å². The molecule has 0 aliphatic carbocycles. The highest BCUT2D eigenvalue weighted by Gasteiger charge is 2.36. The normalized spacial score (nSPS) is 20.3. The topological polar surface area (TPSA) is 73.8 Å². The Kier molecular flexibility index (Phi) is 6.73.